The predicted molar refractivity (Wildman–Crippen MR) is 352 cm³/mol. The molecule has 0 N–H and O–H groups in total. The van der Waals surface area contributed by atoms with Gasteiger partial charge in [-0.05, 0) is 106 Å². The van der Waals surface area contributed by atoms with Crippen LogP contribution in [-0.2, 0) is 17.1 Å². The molecule has 5 heterocycles. The molecule has 426 valence electrons. The zero-order chi connectivity index (χ0) is 59.6. The molecular weight excluding hydrogens is 1110 g/mol. The average molecular weight is 1170 g/mol. The number of hydrogen-bond donors (Lipinski definition) is 0. The number of nitrogens with zero attached hydrogens (tertiary/aromatic N) is 9. The van der Waals surface area contributed by atoms with Crippen LogP contribution in [0.25, 0.3) is 94.2 Å². The molecule has 10 heteroatoms. The summed E-state index contributed by atoms with van der Waals surface area (Å²) in [6, 6.07) is 68.3. The van der Waals surface area contributed by atoms with Gasteiger partial charge in [-0.2, -0.15) is 0 Å². The van der Waals surface area contributed by atoms with Gasteiger partial charge in [0.05, 0.1) is 23.3 Å². The summed E-state index contributed by atoms with van der Waals surface area (Å²) in [7, 11) is 0. The molecule has 3 aromatic heterocycles. The number of aromatic nitrogens is 8. The topological polar surface area (TPSA) is 110 Å². The second-order valence-electron chi connectivity index (χ2n) is 22.7. The Hall–Kier alpha value is -9.91. The molecule has 0 atom stereocenters. The Kier molecular flexibility index (Phi) is 17.1. The molecule has 0 fully saturated rings. The minimum atomic E-state index is 0. The minimum absolute atomic E-state index is 0. The second-order valence-corrected chi connectivity index (χ2v) is 22.7. The van der Waals surface area contributed by atoms with Crippen LogP contribution in [0.15, 0.2) is 194 Å². The molecule has 0 saturated carbocycles. The Morgan fingerprint density at radius 1 is 0.310 bits per heavy atom. The monoisotopic (exact) mass is 1170 g/mol. The first-order valence-electron chi connectivity index (χ1n) is 29.4. The molecule has 0 amide bonds. The normalized spacial score (nSPS) is 11.9. The van der Waals surface area contributed by atoms with Crippen molar-refractivity contribution < 1.29 is 17.1 Å². The molecule has 0 aliphatic carbocycles. The first-order valence-corrected chi connectivity index (χ1v) is 29.4. The Balaban J connectivity index is 0.00000107. The van der Waals surface area contributed by atoms with Crippen molar-refractivity contribution in [3.05, 3.63) is 296 Å². The smallest absolute Gasteiger partial charge is 0.357 e. The Labute approximate surface area is 520 Å². The number of unbranched alkanes of at least 4 members (excludes halogenated alkanes) is 1. The summed E-state index contributed by atoms with van der Waals surface area (Å²) in [6.07, 6.45) is 2.20. The van der Waals surface area contributed by atoms with Crippen molar-refractivity contribution in [2.75, 3.05) is 6.54 Å². The van der Waals surface area contributed by atoms with Crippen LogP contribution in [0.1, 0.15) is 110 Å². The number of benzene rings is 8. The summed E-state index contributed by atoms with van der Waals surface area (Å²) in [4.78, 5) is 48.5. The first kappa shape index (κ1) is 58.8. The van der Waals surface area contributed by atoms with Crippen LogP contribution in [0.3, 0.4) is 0 Å². The Bertz CT molecular complexity index is 4190. The maximum Gasteiger partial charge on any atom is 2.00 e. The van der Waals surface area contributed by atoms with Gasteiger partial charge in [-0.15, -0.1) is 0 Å². The van der Waals surface area contributed by atoms with Crippen molar-refractivity contribution in [2.24, 2.45) is 0 Å². The van der Waals surface area contributed by atoms with Gasteiger partial charge >= 0.3 is 17.1 Å². The number of rotatable bonds is 10. The predicted octanol–water partition coefficient (Wildman–Crippen LogP) is 18.0. The Morgan fingerprint density at radius 2 is 0.517 bits per heavy atom. The number of hydrogen-bond acceptors (Lipinski definition) is 6. The molecule has 0 radical (unpaired) electrons. The summed E-state index contributed by atoms with van der Waals surface area (Å²) in [5.41, 5.74) is 24.9. The summed E-state index contributed by atoms with van der Waals surface area (Å²) >= 11 is 0. The molecule has 8 bridgehead atoms. The van der Waals surface area contributed by atoms with E-state index in [9.17, 15) is 0 Å². The number of aryl methyl sites for hydroxylation is 8. The SMILES string of the molecule is Cc1cccc(C2=C(c3cccc(C)c3)c3nc2nc2[n-]c(nc4nc(nc5[n-]c(n3)c(-c3cccc(C)c3)c5-c3cccc(C)c3)C(c3cccc(C)c3)=C4c3cccc(C)c3)c(-c3cccc(C)c3)c2-c2cccc(C)c2)c1.[C-]#[N+]CCCC.[Fe+2]. The van der Waals surface area contributed by atoms with Crippen LogP contribution in [0.4, 0.5) is 0 Å². The van der Waals surface area contributed by atoms with E-state index < -0.39 is 0 Å². The van der Waals surface area contributed by atoms with Crippen LogP contribution < -0.4 is 9.97 Å². The van der Waals surface area contributed by atoms with Gasteiger partial charge < -0.3 is 34.7 Å². The zero-order valence-electron chi connectivity index (χ0n) is 50.5. The van der Waals surface area contributed by atoms with Gasteiger partial charge in [-0.25, -0.2) is 16.5 Å². The maximum absolute atomic E-state index is 6.33. The third-order valence-electron chi connectivity index (χ3n) is 15.6. The molecule has 0 unspecified atom stereocenters. The van der Waals surface area contributed by atoms with E-state index in [1.807, 2.05) is 0 Å². The fourth-order valence-corrected chi connectivity index (χ4v) is 11.6. The number of fused-ring (bicyclic) bond motifs is 8. The van der Waals surface area contributed by atoms with Crippen LogP contribution >= 0.6 is 0 Å². The fourth-order valence-electron chi connectivity index (χ4n) is 11.6. The van der Waals surface area contributed by atoms with Crippen LogP contribution in [-0.4, -0.2) is 36.4 Å². The van der Waals surface area contributed by atoms with Gasteiger partial charge in [-0.3, -0.25) is 0 Å². The van der Waals surface area contributed by atoms with Gasteiger partial charge in [0.25, 0.3) is 0 Å². The van der Waals surface area contributed by atoms with E-state index in [1.165, 1.54) is 0 Å². The van der Waals surface area contributed by atoms with Gasteiger partial charge in [0.2, 0.25) is 6.54 Å². The maximum atomic E-state index is 6.33. The quantitative estimate of drug-likeness (QED) is 0.0757. The van der Waals surface area contributed by atoms with Crippen molar-refractivity contribution in [3.63, 3.8) is 0 Å². The van der Waals surface area contributed by atoms with E-state index in [0.29, 0.717) is 52.4 Å². The van der Waals surface area contributed by atoms with Crippen LogP contribution in [0.2, 0.25) is 0 Å². The molecule has 9 nitrogen and oxygen atoms in total. The molecule has 8 aromatic carbocycles. The standard InChI is InChI=1S/C72H56N8.C5H9N.Fe/c1-41-17-9-25-49(33-41)57-58(50-26-10-18-42(2)34-50)66-73-65(57)77-67-59(51-27-11-19-43(3)35-51)60(52-28-12-20-44(4)36-52)69(74-67)79-71-63(55-31-15-23-47(7)39-55)64(56-32-16-24-48(8)40-56)72(76-71)80-70-62(54-30-14-22-46(6)38-54)61(68(75-70)78-66)53-29-13-21-45(5)37-53;1-3-4-5-6-2;/h9-40H,1-8H3;3-5H2,1H3;/q-2;;+2. The molecular formula is C77H65FeN9. The molecule has 2 aliphatic rings. The third-order valence-corrected chi connectivity index (χ3v) is 15.6. The van der Waals surface area contributed by atoms with Crippen molar-refractivity contribution in [3.8, 4) is 44.5 Å². The summed E-state index contributed by atoms with van der Waals surface area (Å²) < 4.78 is 0. The second kappa shape index (κ2) is 25.4. The molecule has 0 saturated heterocycles. The van der Waals surface area contributed by atoms with Gasteiger partial charge in [0, 0.05) is 73.6 Å². The molecule has 2 aliphatic heterocycles. The van der Waals surface area contributed by atoms with Crippen molar-refractivity contribution in [2.45, 2.75) is 75.2 Å². The van der Waals surface area contributed by atoms with E-state index in [1.54, 1.807) is 0 Å². The van der Waals surface area contributed by atoms with Crippen LogP contribution in [0.5, 0.6) is 0 Å². The van der Waals surface area contributed by atoms with Gasteiger partial charge in [0.15, 0.2) is 0 Å². The van der Waals surface area contributed by atoms with E-state index >= 15 is 0 Å². The molecule has 13 rings (SSSR count). The van der Waals surface area contributed by atoms with E-state index in [2.05, 4.69) is 261 Å². The minimum Gasteiger partial charge on any atom is -0.357 e. The van der Waals surface area contributed by atoms with Gasteiger partial charge in [-0.1, -0.05) is 246 Å². The molecule has 11 aromatic rings. The van der Waals surface area contributed by atoms with Crippen molar-refractivity contribution in [1.82, 2.24) is 39.9 Å². The molecule has 0 spiro atoms. The van der Waals surface area contributed by atoms with Crippen molar-refractivity contribution >= 4 is 44.9 Å². The molecule has 87 heavy (non-hydrogen) atoms. The zero-order valence-corrected chi connectivity index (χ0v) is 51.6. The van der Waals surface area contributed by atoms with E-state index in [0.717, 1.165) is 146 Å². The first-order chi connectivity index (χ1) is 41.8. The third kappa shape index (κ3) is 12.2. The van der Waals surface area contributed by atoms with E-state index in [-0.39, 0.29) is 17.1 Å². The summed E-state index contributed by atoms with van der Waals surface area (Å²) in [5.74, 6) is 1.87. The van der Waals surface area contributed by atoms with Gasteiger partial charge in [0.1, 0.15) is 0 Å². The van der Waals surface area contributed by atoms with E-state index in [4.69, 9.17) is 46.4 Å². The Morgan fingerprint density at radius 3 is 0.701 bits per heavy atom. The fraction of sp³-hybridized carbons (Fsp3) is 0.156. The average Bonchev–Trinajstić information content (AvgIpc) is 1.76. The van der Waals surface area contributed by atoms with Crippen LogP contribution in [0, 0.1) is 62.0 Å². The summed E-state index contributed by atoms with van der Waals surface area (Å²) in [6.45, 7) is 26.0. The largest absolute Gasteiger partial charge is 2.00 e. The van der Waals surface area contributed by atoms with Crippen molar-refractivity contribution in [1.29, 1.82) is 0 Å². The summed E-state index contributed by atoms with van der Waals surface area (Å²) in [5, 5.41) is 0.